The monoisotopic (exact) mass is 280 g/mol. The lowest BCUT2D eigenvalue weighted by Gasteiger charge is -2.11. The quantitative estimate of drug-likeness (QED) is 0.386. The van der Waals surface area contributed by atoms with Crippen LogP contribution in [0.5, 0.6) is 0 Å². The Balaban J connectivity index is 2.88. The average molecular weight is 280 g/mol. The van der Waals surface area contributed by atoms with Gasteiger partial charge in [-0.1, -0.05) is 0 Å². The third kappa shape index (κ3) is 4.72. The topological polar surface area (TPSA) is 58.6 Å². The van der Waals surface area contributed by atoms with Crippen LogP contribution in [-0.4, -0.2) is 37.5 Å². The first kappa shape index (κ1) is 15.7. The molecule has 1 aromatic carbocycles. The number of carbonyl (C=O) groups is 2. The molecule has 0 fully saturated rings. The van der Waals surface area contributed by atoms with Crippen LogP contribution in [-0.2, 0) is 14.3 Å². The van der Waals surface area contributed by atoms with Crippen LogP contribution in [0.15, 0.2) is 36.0 Å². The van der Waals surface area contributed by atoms with E-state index in [9.17, 15) is 14.0 Å². The number of anilines is 1. The van der Waals surface area contributed by atoms with Crippen molar-refractivity contribution < 1.29 is 18.7 Å². The Morgan fingerprint density at radius 3 is 2.40 bits per heavy atom. The fourth-order valence-corrected chi connectivity index (χ4v) is 1.40. The van der Waals surface area contributed by atoms with Crippen LogP contribution in [0.25, 0.3) is 0 Å². The zero-order valence-corrected chi connectivity index (χ0v) is 11.6. The SMILES string of the molecule is CCOC(=O)C(=CN(C)C)C(=O)Nc1ccc(F)cc1. The minimum atomic E-state index is -0.708. The van der Waals surface area contributed by atoms with Crippen molar-refractivity contribution in [1.29, 1.82) is 0 Å². The van der Waals surface area contributed by atoms with Crippen molar-refractivity contribution >= 4 is 17.6 Å². The van der Waals surface area contributed by atoms with Gasteiger partial charge < -0.3 is 15.0 Å². The Morgan fingerprint density at radius 1 is 1.30 bits per heavy atom. The Hall–Kier alpha value is -2.37. The summed E-state index contributed by atoms with van der Waals surface area (Å²) in [7, 11) is 3.37. The van der Waals surface area contributed by atoms with Crippen LogP contribution in [0, 0.1) is 5.82 Å². The number of amides is 1. The van der Waals surface area contributed by atoms with Crippen LogP contribution in [0.4, 0.5) is 10.1 Å². The Labute approximate surface area is 117 Å². The first-order valence-electron chi connectivity index (χ1n) is 6.06. The number of nitrogens with one attached hydrogen (secondary N) is 1. The molecule has 0 aliphatic heterocycles. The minimum absolute atomic E-state index is 0.124. The van der Waals surface area contributed by atoms with E-state index in [1.807, 2.05) is 0 Å². The van der Waals surface area contributed by atoms with Crippen molar-refractivity contribution in [3.8, 4) is 0 Å². The molecule has 0 saturated carbocycles. The van der Waals surface area contributed by atoms with Gasteiger partial charge in [-0.15, -0.1) is 0 Å². The van der Waals surface area contributed by atoms with Crippen LogP contribution in [0.1, 0.15) is 6.92 Å². The van der Waals surface area contributed by atoms with Crippen LogP contribution >= 0.6 is 0 Å². The maximum atomic E-state index is 12.8. The standard InChI is InChI=1S/C14H17FN2O3/c1-4-20-14(19)12(9-17(2)3)13(18)16-11-7-5-10(15)6-8-11/h5-9H,4H2,1-3H3,(H,16,18). The second kappa shape index (κ2) is 7.28. The average Bonchev–Trinajstić information content (AvgIpc) is 2.38. The minimum Gasteiger partial charge on any atom is -0.462 e. The highest BCUT2D eigenvalue weighted by molar-refractivity contribution is 6.21. The van der Waals surface area contributed by atoms with Gasteiger partial charge in [-0.05, 0) is 31.2 Å². The number of esters is 1. The lowest BCUT2D eigenvalue weighted by atomic mass is 10.2. The predicted molar refractivity (Wildman–Crippen MR) is 73.4 cm³/mol. The molecule has 0 aromatic heterocycles. The molecule has 0 unspecified atom stereocenters. The smallest absolute Gasteiger partial charge is 0.345 e. The van der Waals surface area contributed by atoms with Crippen LogP contribution < -0.4 is 5.32 Å². The Bertz CT molecular complexity index is 510. The van der Waals surface area contributed by atoms with Gasteiger partial charge in [-0.25, -0.2) is 9.18 Å². The second-order valence-corrected chi connectivity index (χ2v) is 4.19. The molecule has 20 heavy (non-hydrogen) atoms. The summed E-state index contributed by atoms with van der Waals surface area (Å²) in [4.78, 5) is 25.3. The molecule has 0 bridgehead atoms. The largest absolute Gasteiger partial charge is 0.462 e. The van der Waals surface area contributed by atoms with Crippen LogP contribution in [0.3, 0.4) is 0 Å². The summed E-state index contributed by atoms with van der Waals surface area (Å²) < 4.78 is 17.6. The van der Waals surface area contributed by atoms with Gasteiger partial charge in [0, 0.05) is 26.0 Å². The van der Waals surface area contributed by atoms with E-state index >= 15 is 0 Å². The number of hydrogen-bond donors (Lipinski definition) is 1. The lowest BCUT2D eigenvalue weighted by Crippen LogP contribution is -2.24. The highest BCUT2D eigenvalue weighted by Gasteiger charge is 2.20. The molecule has 0 saturated heterocycles. The van der Waals surface area contributed by atoms with Gasteiger partial charge in [0.25, 0.3) is 5.91 Å². The maximum Gasteiger partial charge on any atom is 0.345 e. The van der Waals surface area contributed by atoms with E-state index in [2.05, 4.69) is 5.32 Å². The van der Waals surface area contributed by atoms with Gasteiger partial charge in [-0.2, -0.15) is 0 Å². The Kier molecular flexibility index (Phi) is 5.71. The maximum absolute atomic E-state index is 12.8. The molecule has 0 spiro atoms. The van der Waals surface area contributed by atoms with Crippen molar-refractivity contribution in [3.05, 3.63) is 41.9 Å². The summed E-state index contributed by atoms with van der Waals surface area (Å²) in [5.74, 6) is -1.72. The van der Waals surface area contributed by atoms with E-state index in [-0.39, 0.29) is 12.2 Å². The molecule has 1 N–H and O–H groups in total. The number of carbonyl (C=O) groups excluding carboxylic acids is 2. The highest BCUT2D eigenvalue weighted by atomic mass is 19.1. The van der Waals surface area contributed by atoms with E-state index in [4.69, 9.17) is 4.74 Å². The summed E-state index contributed by atoms with van der Waals surface area (Å²) in [6, 6.07) is 5.25. The molecular formula is C14H17FN2O3. The number of nitrogens with zero attached hydrogens (tertiary/aromatic N) is 1. The molecule has 1 rings (SSSR count). The number of benzene rings is 1. The Morgan fingerprint density at radius 2 is 1.90 bits per heavy atom. The van der Waals surface area contributed by atoms with Crippen LogP contribution in [0.2, 0.25) is 0 Å². The summed E-state index contributed by atoms with van der Waals surface area (Å²) in [6.07, 6.45) is 1.37. The lowest BCUT2D eigenvalue weighted by molar-refractivity contribution is -0.139. The van der Waals surface area contributed by atoms with E-state index in [1.165, 1.54) is 30.5 Å². The van der Waals surface area contributed by atoms with E-state index in [0.717, 1.165) is 0 Å². The third-order valence-corrected chi connectivity index (χ3v) is 2.23. The van der Waals surface area contributed by atoms with Gasteiger partial charge in [-0.3, -0.25) is 4.79 Å². The normalized spacial score (nSPS) is 10.9. The third-order valence-electron chi connectivity index (χ3n) is 2.23. The van der Waals surface area contributed by atoms with Crippen molar-refractivity contribution in [2.24, 2.45) is 0 Å². The highest BCUT2D eigenvalue weighted by Crippen LogP contribution is 2.11. The number of hydrogen-bond acceptors (Lipinski definition) is 4. The first-order valence-corrected chi connectivity index (χ1v) is 6.06. The number of rotatable bonds is 5. The van der Waals surface area contributed by atoms with Crippen molar-refractivity contribution in [3.63, 3.8) is 0 Å². The zero-order valence-electron chi connectivity index (χ0n) is 11.6. The molecule has 5 nitrogen and oxygen atoms in total. The van der Waals surface area contributed by atoms with E-state index in [1.54, 1.807) is 25.9 Å². The molecule has 0 radical (unpaired) electrons. The number of ether oxygens (including phenoxy) is 1. The van der Waals surface area contributed by atoms with Crippen molar-refractivity contribution in [2.45, 2.75) is 6.92 Å². The van der Waals surface area contributed by atoms with E-state index < -0.39 is 17.7 Å². The van der Waals surface area contributed by atoms with E-state index in [0.29, 0.717) is 5.69 Å². The summed E-state index contributed by atoms with van der Waals surface area (Å²) >= 11 is 0. The fraction of sp³-hybridized carbons (Fsp3) is 0.286. The summed E-state index contributed by atoms with van der Waals surface area (Å²) in [6.45, 7) is 1.83. The molecule has 1 aromatic rings. The second-order valence-electron chi connectivity index (χ2n) is 4.19. The first-order chi connectivity index (χ1) is 9.43. The van der Waals surface area contributed by atoms with Crippen molar-refractivity contribution in [1.82, 2.24) is 4.90 Å². The molecule has 108 valence electrons. The molecular weight excluding hydrogens is 263 g/mol. The van der Waals surface area contributed by atoms with Gasteiger partial charge in [0.15, 0.2) is 0 Å². The van der Waals surface area contributed by atoms with Gasteiger partial charge >= 0.3 is 5.97 Å². The van der Waals surface area contributed by atoms with Gasteiger partial charge in [0.2, 0.25) is 0 Å². The predicted octanol–water partition coefficient (Wildman–Crippen LogP) is 1.77. The molecule has 0 heterocycles. The summed E-state index contributed by atoms with van der Waals surface area (Å²) in [5.41, 5.74) is 0.270. The zero-order chi connectivity index (χ0) is 15.1. The van der Waals surface area contributed by atoms with Crippen molar-refractivity contribution in [2.75, 3.05) is 26.0 Å². The fourth-order valence-electron chi connectivity index (χ4n) is 1.40. The molecule has 1 amide bonds. The number of halogens is 1. The summed E-state index contributed by atoms with van der Waals surface area (Å²) in [5, 5.41) is 2.51. The molecule has 6 heteroatoms. The van der Waals surface area contributed by atoms with Gasteiger partial charge in [0.05, 0.1) is 6.61 Å². The van der Waals surface area contributed by atoms with Gasteiger partial charge in [0.1, 0.15) is 11.4 Å². The molecule has 0 atom stereocenters. The molecule has 0 aliphatic carbocycles. The molecule has 0 aliphatic rings.